The van der Waals surface area contributed by atoms with Crippen molar-refractivity contribution in [2.24, 2.45) is 12.8 Å². The highest BCUT2D eigenvalue weighted by molar-refractivity contribution is 7.98. The maximum Gasteiger partial charge on any atom is 0.343 e. The fraction of sp³-hybridized carbons (Fsp3) is 0.182. The van der Waals surface area contributed by atoms with Crippen LogP contribution in [0.15, 0.2) is 34.2 Å². The van der Waals surface area contributed by atoms with E-state index in [1.54, 1.807) is 7.05 Å². The molecule has 0 aliphatic heterocycles. The molecule has 0 aliphatic carbocycles. The predicted molar refractivity (Wildman–Crippen MR) is 70.8 cm³/mol. The lowest BCUT2D eigenvalue weighted by atomic mass is 10.1. The minimum Gasteiger partial charge on any atom is -0.384 e. The van der Waals surface area contributed by atoms with Gasteiger partial charge >= 0.3 is 5.69 Å². The summed E-state index contributed by atoms with van der Waals surface area (Å²) >= 11 is 1.47. The molecule has 1 heterocycles. The lowest BCUT2D eigenvalue weighted by Gasteiger charge is -2.02. The third-order valence-corrected chi connectivity index (χ3v) is 3.57. The molecule has 0 spiro atoms. The fourth-order valence-electron chi connectivity index (χ4n) is 1.39. The molecule has 1 aromatic heterocycles. The Morgan fingerprint density at radius 3 is 2.67 bits per heavy atom. The molecule has 0 radical (unpaired) electrons. The van der Waals surface area contributed by atoms with Gasteiger partial charge in [0.2, 0.25) is 0 Å². The number of nitrogens with zero attached hydrogens (tertiary/aromatic N) is 2. The Hall–Kier alpha value is -2.02. The molecule has 4 N–H and O–H groups in total. The van der Waals surface area contributed by atoms with Crippen LogP contribution in [0.3, 0.4) is 0 Å². The first kappa shape index (κ1) is 12.4. The summed E-state index contributed by atoms with van der Waals surface area (Å²) < 4.78 is 1.47. The molecule has 0 saturated carbocycles. The molecule has 94 valence electrons. The van der Waals surface area contributed by atoms with Crippen LogP contribution in [0, 0.1) is 5.41 Å². The number of aromatic nitrogens is 3. The van der Waals surface area contributed by atoms with Crippen molar-refractivity contribution in [1.29, 1.82) is 5.41 Å². The second-order valence-electron chi connectivity index (χ2n) is 3.77. The van der Waals surface area contributed by atoms with Crippen molar-refractivity contribution in [3.63, 3.8) is 0 Å². The molecule has 0 fully saturated rings. The van der Waals surface area contributed by atoms with E-state index in [4.69, 9.17) is 11.1 Å². The van der Waals surface area contributed by atoms with Gasteiger partial charge < -0.3 is 5.73 Å². The van der Waals surface area contributed by atoms with E-state index in [-0.39, 0.29) is 11.5 Å². The van der Waals surface area contributed by atoms with Gasteiger partial charge in [0.25, 0.3) is 0 Å². The number of hydrogen-bond donors (Lipinski definition) is 3. The minimum absolute atomic E-state index is 0.0592. The van der Waals surface area contributed by atoms with Crippen molar-refractivity contribution in [3.8, 4) is 0 Å². The summed E-state index contributed by atoms with van der Waals surface area (Å²) in [5, 5.41) is 14.2. The summed E-state index contributed by atoms with van der Waals surface area (Å²) in [6, 6.07) is 7.44. The summed E-state index contributed by atoms with van der Waals surface area (Å²) in [7, 11) is 1.67. The van der Waals surface area contributed by atoms with E-state index >= 15 is 0 Å². The number of rotatable bonds is 4. The van der Waals surface area contributed by atoms with Crippen LogP contribution in [0.1, 0.15) is 11.1 Å². The zero-order valence-corrected chi connectivity index (χ0v) is 10.6. The van der Waals surface area contributed by atoms with E-state index < -0.39 is 0 Å². The molecule has 0 aliphatic rings. The Balaban J connectivity index is 2.04. The van der Waals surface area contributed by atoms with Gasteiger partial charge in [-0.15, -0.1) is 5.10 Å². The van der Waals surface area contributed by atoms with E-state index in [2.05, 4.69) is 10.2 Å². The Kier molecular flexibility index (Phi) is 3.52. The molecular weight excluding hydrogens is 250 g/mol. The average molecular weight is 263 g/mol. The SMILES string of the molecule is Cn1c(SCc2ccc(C(=N)N)cc2)n[nH]c1=O. The first-order chi connectivity index (χ1) is 8.58. The number of hydrogen-bond acceptors (Lipinski definition) is 4. The minimum atomic E-state index is -0.218. The first-order valence-electron chi connectivity index (χ1n) is 5.25. The van der Waals surface area contributed by atoms with Crippen molar-refractivity contribution in [1.82, 2.24) is 14.8 Å². The number of amidine groups is 1. The second kappa shape index (κ2) is 5.09. The van der Waals surface area contributed by atoms with Crippen LogP contribution in [-0.4, -0.2) is 20.6 Å². The Morgan fingerprint density at radius 2 is 2.17 bits per heavy atom. The first-order valence-corrected chi connectivity index (χ1v) is 6.24. The van der Waals surface area contributed by atoms with Crippen molar-refractivity contribution in [3.05, 3.63) is 45.9 Å². The largest absolute Gasteiger partial charge is 0.384 e. The molecule has 2 aromatic rings. The molecule has 6 nitrogen and oxygen atoms in total. The smallest absolute Gasteiger partial charge is 0.343 e. The quantitative estimate of drug-likeness (QED) is 0.429. The van der Waals surface area contributed by atoms with Crippen LogP contribution in [0.4, 0.5) is 0 Å². The van der Waals surface area contributed by atoms with Crippen LogP contribution in [-0.2, 0) is 12.8 Å². The summed E-state index contributed by atoms with van der Waals surface area (Å²) in [4.78, 5) is 11.2. The highest BCUT2D eigenvalue weighted by Crippen LogP contribution is 2.19. The maximum atomic E-state index is 11.2. The number of thioether (sulfide) groups is 1. The van der Waals surface area contributed by atoms with Gasteiger partial charge in [-0.3, -0.25) is 9.98 Å². The van der Waals surface area contributed by atoms with Gasteiger partial charge in [0.05, 0.1) is 0 Å². The lowest BCUT2D eigenvalue weighted by molar-refractivity contribution is 0.766. The molecular formula is C11H13N5OS. The van der Waals surface area contributed by atoms with Gasteiger partial charge in [-0.25, -0.2) is 9.89 Å². The molecule has 18 heavy (non-hydrogen) atoms. The standard InChI is InChI=1S/C11H13N5OS/c1-16-10(17)14-15-11(16)18-6-7-2-4-8(5-3-7)9(12)13/h2-5H,6H2,1H3,(H3,12,13)(H,14,17). The van der Waals surface area contributed by atoms with Gasteiger partial charge in [0, 0.05) is 18.4 Å². The molecule has 1 aromatic carbocycles. The maximum absolute atomic E-state index is 11.2. The number of nitrogens with two attached hydrogens (primary N) is 1. The number of nitrogens with one attached hydrogen (secondary N) is 2. The molecule has 0 unspecified atom stereocenters. The van der Waals surface area contributed by atoms with Gasteiger partial charge in [0.1, 0.15) is 5.84 Å². The number of H-pyrrole nitrogens is 1. The number of aromatic amines is 1. The van der Waals surface area contributed by atoms with E-state index in [0.29, 0.717) is 16.5 Å². The van der Waals surface area contributed by atoms with Crippen molar-refractivity contribution in [2.75, 3.05) is 0 Å². The van der Waals surface area contributed by atoms with Gasteiger partial charge in [-0.1, -0.05) is 36.0 Å². The van der Waals surface area contributed by atoms with Crippen molar-refractivity contribution < 1.29 is 0 Å². The molecule has 2 rings (SSSR count). The highest BCUT2D eigenvalue weighted by Gasteiger charge is 2.05. The topological polar surface area (TPSA) is 101 Å². The predicted octanol–water partition coefficient (Wildman–Crippen LogP) is 0.685. The van der Waals surface area contributed by atoms with Crippen molar-refractivity contribution >= 4 is 17.6 Å². The zero-order valence-electron chi connectivity index (χ0n) is 9.80. The number of nitrogen functional groups attached to an aromatic ring is 1. The fourth-order valence-corrected chi connectivity index (χ4v) is 2.26. The summed E-state index contributed by atoms with van der Waals surface area (Å²) in [5.74, 6) is 0.764. The van der Waals surface area contributed by atoms with E-state index in [1.807, 2.05) is 24.3 Å². The highest BCUT2D eigenvalue weighted by atomic mass is 32.2. The summed E-state index contributed by atoms with van der Waals surface area (Å²) in [6.45, 7) is 0. The van der Waals surface area contributed by atoms with Crippen LogP contribution in [0.25, 0.3) is 0 Å². The zero-order chi connectivity index (χ0) is 13.1. The summed E-state index contributed by atoms with van der Waals surface area (Å²) in [6.07, 6.45) is 0. The third-order valence-electron chi connectivity index (χ3n) is 2.47. The average Bonchev–Trinajstić information content (AvgIpc) is 2.68. The third kappa shape index (κ3) is 2.62. The summed E-state index contributed by atoms with van der Waals surface area (Å²) in [5.41, 5.74) is 6.95. The molecule has 7 heteroatoms. The molecule has 0 amide bonds. The van der Waals surface area contributed by atoms with Gasteiger partial charge in [-0.05, 0) is 5.56 Å². The Morgan fingerprint density at radius 1 is 1.50 bits per heavy atom. The van der Waals surface area contributed by atoms with Crippen molar-refractivity contribution in [2.45, 2.75) is 10.9 Å². The lowest BCUT2D eigenvalue weighted by Crippen LogP contribution is -2.12. The van der Waals surface area contributed by atoms with Gasteiger partial charge in [-0.2, -0.15) is 0 Å². The number of benzene rings is 1. The Labute approximate surface area is 108 Å². The van der Waals surface area contributed by atoms with Crippen LogP contribution in [0.2, 0.25) is 0 Å². The van der Waals surface area contributed by atoms with Crippen LogP contribution < -0.4 is 11.4 Å². The van der Waals surface area contributed by atoms with E-state index in [9.17, 15) is 4.79 Å². The molecule has 0 atom stereocenters. The van der Waals surface area contributed by atoms with Crippen LogP contribution in [0.5, 0.6) is 0 Å². The monoisotopic (exact) mass is 263 g/mol. The molecule has 0 bridgehead atoms. The van der Waals surface area contributed by atoms with E-state index in [0.717, 1.165) is 5.56 Å². The van der Waals surface area contributed by atoms with Gasteiger partial charge in [0.15, 0.2) is 5.16 Å². The second-order valence-corrected chi connectivity index (χ2v) is 4.71. The molecule has 0 saturated heterocycles. The van der Waals surface area contributed by atoms with E-state index in [1.165, 1.54) is 16.3 Å². The normalized spacial score (nSPS) is 10.5. The Bertz CT molecular complexity index is 613. The van der Waals surface area contributed by atoms with Crippen LogP contribution >= 0.6 is 11.8 Å².